The van der Waals surface area contributed by atoms with Crippen molar-refractivity contribution < 1.29 is 4.74 Å². The van der Waals surface area contributed by atoms with Crippen LogP contribution < -0.4 is 10.1 Å². The van der Waals surface area contributed by atoms with Crippen LogP contribution in [0.3, 0.4) is 0 Å². The average Bonchev–Trinajstić information content (AvgIpc) is 2.70. The van der Waals surface area contributed by atoms with E-state index >= 15 is 0 Å². The van der Waals surface area contributed by atoms with Gasteiger partial charge in [-0.15, -0.1) is 5.10 Å². The van der Waals surface area contributed by atoms with Crippen LogP contribution in [0.2, 0.25) is 5.02 Å². The predicted molar refractivity (Wildman–Crippen MR) is 53.6 cm³/mol. The van der Waals surface area contributed by atoms with Gasteiger partial charge in [0.1, 0.15) is 5.02 Å². The van der Waals surface area contributed by atoms with Crippen molar-refractivity contribution in [1.29, 1.82) is 0 Å². The molecule has 1 aromatic heterocycles. The van der Waals surface area contributed by atoms with Gasteiger partial charge in [0.2, 0.25) is 0 Å². The number of rotatable bonds is 2. The SMILES string of the molecule is COc1nnc(C2CCCN2)cc1Cl. The molecule has 1 aliphatic rings. The molecule has 1 unspecified atom stereocenters. The summed E-state index contributed by atoms with van der Waals surface area (Å²) >= 11 is 5.95. The molecule has 0 aliphatic carbocycles. The van der Waals surface area contributed by atoms with E-state index in [9.17, 15) is 0 Å². The molecule has 14 heavy (non-hydrogen) atoms. The van der Waals surface area contributed by atoms with E-state index in [1.807, 2.05) is 6.07 Å². The zero-order valence-corrected chi connectivity index (χ0v) is 8.71. The van der Waals surface area contributed by atoms with Gasteiger partial charge < -0.3 is 10.1 Å². The van der Waals surface area contributed by atoms with Crippen molar-refractivity contribution in [2.45, 2.75) is 18.9 Å². The van der Waals surface area contributed by atoms with Gasteiger partial charge in [0, 0.05) is 0 Å². The Kier molecular flexibility index (Phi) is 2.84. The summed E-state index contributed by atoms with van der Waals surface area (Å²) in [5, 5.41) is 11.8. The fourth-order valence-corrected chi connectivity index (χ4v) is 1.84. The first kappa shape index (κ1) is 9.68. The van der Waals surface area contributed by atoms with Crippen molar-refractivity contribution in [3.8, 4) is 5.88 Å². The smallest absolute Gasteiger partial charge is 0.252 e. The molecule has 0 spiro atoms. The van der Waals surface area contributed by atoms with E-state index in [0.717, 1.165) is 18.7 Å². The maximum atomic E-state index is 5.95. The molecule has 0 radical (unpaired) electrons. The second-order valence-corrected chi connectivity index (χ2v) is 3.68. The van der Waals surface area contributed by atoms with Crippen molar-refractivity contribution in [3.63, 3.8) is 0 Å². The molecule has 2 heterocycles. The maximum Gasteiger partial charge on any atom is 0.252 e. The van der Waals surface area contributed by atoms with Gasteiger partial charge in [0.25, 0.3) is 5.88 Å². The van der Waals surface area contributed by atoms with E-state index in [4.69, 9.17) is 16.3 Å². The van der Waals surface area contributed by atoms with Crippen molar-refractivity contribution in [3.05, 3.63) is 16.8 Å². The minimum Gasteiger partial charge on any atom is -0.479 e. The highest BCUT2D eigenvalue weighted by atomic mass is 35.5. The molecule has 1 saturated heterocycles. The molecule has 0 amide bonds. The number of hydrogen-bond donors (Lipinski definition) is 1. The molecule has 0 bridgehead atoms. The third-order valence-corrected chi connectivity index (χ3v) is 2.62. The fraction of sp³-hybridized carbons (Fsp3) is 0.556. The van der Waals surface area contributed by atoms with Gasteiger partial charge in [-0.3, -0.25) is 0 Å². The zero-order chi connectivity index (χ0) is 9.97. The van der Waals surface area contributed by atoms with Crippen molar-refractivity contribution >= 4 is 11.6 Å². The number of methoxy groups -OCH3 is 1. The van der Waals surface area contributed by atoms with Gasteiger partial charge in [-0.2, -0.15) is 5.10 Å². The van der Waals surface area contributed by atoms with Gasteiger partial charge in [-0.05, 0) is 25.5 Å². The Morgan fingerprint density at radius 1 is 1.57 bits per heavy atom. The molecule has 0 saturated carbocycles. The molecule has 4 nitrogen and oxygen atoms in total. The monoisotopic (exact) mass is 213 g/mol. The number of halogens is 1. The third-order valence-electron chi connectivity index (χ3n) is 2.35. The molecule has 1 aliphatic heterocycles. The largest absolute Gasteiger partial charge is 0.479 e. The highest BCUT2D eigenvalue weighted by Crippen LogP contribution is 2.26. The highest BCUT2D eigenvalue weighted by molar-refractivity contribution is 6.31. The first-order chi connectivity index (χ1) is 6.81. The summed E-state index contributed by atoms with van der Waals surface area (Å²) in [5.41, 5.74) is 0.897. The third kappa shape index (κ3) is 1.81. The lowest BCUT2D eigenvalue weighted by atomic mass is 10.1. The minimum atomic E-state index is 0.297. The number of hydrogen-bond acceptors (Lipinski definition) is 4. The Morgan fingerprint density at radius 3 is 3.00 bits per heavy atom. The summed E-state index contributed by atoms with van der Waals surface area (Å²) in [6.45, 7) is 1.04. The van der Waals surface area contributed by atoms with Gasteiger partial charge >= 0.3 is 0 Å². The topological polar surface area (TPSA) is 47.0 Å². The van der Waals surface area contributed by atoms with Crippen molar-refractivity contribution in [2.75, 3.05) is 13.7 Å². The van der Waals surface area contributed by atoms with E-state index in [1.165, 1.54) is 13.5 Å². The van der Waals surface area contributed by atoms with Crippen LogP contribution in [0.5, 0.6) is 5.88 Å². The molecule has 1 aromatic rings. The summed E-state index contributed by atoms with van der Waals surface area (Å²) in [6, 6.07) is 2.11. The summed E-state index contributed by atoms with van der Waals surface area (Å²) < 4.78 is 4.94. The molecule has 1 N–H and O–H groups in total. The molecule has 5 heteroatoms. The molecular weight excluding hydrogens is 202 g/mol. The van der Waals surface area contributed by atoms with Gasteiger partial charge in [-0.25, -0.2) is 0 Å². The molecule has 76 valence electrons. The molecule has 1 atom stereocenters. The predicted octanol–water partition coefficient (Wildman–Crippen LogP) is 1.56. The van der Waals surface area contributed by atoms with Crippen LogP contribution in [-0.2, 0) is 0 Å². The van der Waals surface area contributed by atoms with Crippen LogP contribution in [0.4, 0.5) is 0 Å². The van der Waals surface area contributed by atoms with Crippen molar-refractivity contribution in [1.82, 2.24) is 15.5 Å². The summed E-state index contributed by atoms with van der Waals surface area (Å²) in [6.07, 6.45) is 2.27. The number of nitrogens with one attached hydrogen (secondary N) is 1. The summed E-state index contributed by atoms with van der Waals surface area (Å²) in [5.74, 6) is 0.383. The van der Waals surface area contributed by atoms with Crippen molar-refractivity contribution in [2.24, 2.45) is 0 Å². The van der Waals surface area contributed by atoms with Crippen LogP contribution in [0.15, 0.2) is 6.07 Å². The summed E-state index contributed by atoms with van der Waals surface area (Å²) in [4.78, 5) is 0. The van der Waals surface area contributed by atoms with Crippen LogP contribution in [-0.4, -0.2) is 23.9 Å². The van der Waals surface area contributed by atoms with Gasteiger partial charge in [0.15, 0.2) is 0 Å². The molecular formula is C9H12ClN3O. The van der Waals surface area contributed by atoms with E-state index in [1.54, 1.807) is 0 Å². The van der Waals surface area contributed by atoms with E-state index in [-0.39, 0.29) is 0 Å². The van der Waals surface area contributed by atoms with E-state index in [0.29, 0.717) is 16.9 Å². The van der Waals surface area contributed by atoms with Gasteiger partial charge in [-0.1, -0.05) is 11.6 Å². The number of aromatic nitrogens is 2. The second kappa shape index (κ2) is 4.11. The first-order valence-corrected chi connectivity index (χ1v) is 4.99. The van der Waals surface area contributed by atoms with Crippen LogP contribution in [0.25, 0.3) is 0 Å². The Morgan fingerprint density at radius 2 is 2.43 bits per heavy atom. The molecule has 2 rings (SSSR count). The fourth-order valence-electron chi connectivity index (χ4n) is 1.62. The standard InChI is InChI=1S/C9H12ClN3O/c1-14-9-6(10)5-8(12-13-9)7-3-2-4-11-7/h5,7,11H,2-4H2,1H3. The highest BCUT2D eigenvalue weighted by Gasteiger charge is 2.19. The summed E-state index contributed by atoms with van der Waals surface area (Å²) in [7, 11) is 1.53. The average molecular weight is 214 g/mol. The molecule has 1 fully saturated rings. The first-order valence-electron chi connectivity index (χ1n) is 4.62. The Balaban J connectivity index is 2.23. The van der Waals surface area contributed by atoms with Crippen LogP contribution in [0.1, 0.15) is 24.6 Å². The Bertz CT molecular complexity index is 326. The molecule has 0 aromatic carbocycles. The normalized spacial score (nSPS) is 21.1. The zero-order valence-electron chi connectivity index (χ0n) is 7.96. The number of ether oxygens (including phenoxy) is 1. The Labute approximate surface area is 87.6 Å². The number of nitrogens with zero attached hydrogens (tertiary/aromatic N) is 2. The second-order valence-electron chi connectivity index (χ2n) is 3.28. The van der Waals surface area contributed by atoms with Gasteiger partial charge in [0.05, 0.1) is 18.8 Å². The minimum absolute atomic E-state index is 0.297. The Hall–Kier alpha value is -0.870. The lowest BCUT2D eigenvalue weighted by molar-refractivity contribution is 0.390. The van der Waals surface area contributed by atoms with E-state index < -0.39 is 0 Å². The van der Waals surface area contributed by atoms with Crippen LogP contribution in [0, 0.1) is 0 Å². The van der Waals surface area contributed by atoms with E-state index in [2.05, 4.69) is 15.5 Å². The lowest BCUT2D eigenvalue weighted by Crippen LogP contribution is -2.14. The lowest BCUT2D eigenvalue weighted by Gasteiger charge is -2.09. The quantitative estimate of drug-likeness (QED) is 0.810. The van der Waals surface area contributed by atoms with Crippen LogP contribution >= 0.6 is 11.6 Å². The maximum absolute atomic E-state index is 5.95.